The van der Waals surface area contributed by atoms with Crippen LogP contribution in [0, 0.1) is 5.41 Å². The summed E-state index contributed by atoms with van der Waals surface area (Å²) >= 11 is 0. The highest BCUT2D eigenvalue weighted by molar-refractivity contribution is 6.07. The molecule has 0 atom stereocenters. The smallest absolute Gasteiger partial charge is 0.416 e. The van der Waals surface area contributed by atoms with Crippen molar-refractivity contribution in [3.63, 3.8) is 0 Å². The van der Waals surface area contributed by atoms with Gasteiger partial charge in [0.15, 0.2) is 0 Å². The van der Waals surface area contributed by atoms with Crippen molar-refractivity contribution in [2.24, 2.45) is 5.41 Å². The van der Waals surface area contributed by atoms with Crippen molar-refractivity contribution in [2.45, 2.75) is 45.3 Å². The zero-order valence-electron chi connectivity index (χ0n) is 18.3. The number of carbonyl (C=O) groups is 3. The number of carbonyl (C=O) groups excluding carboxylic acids is 2. The zero-order chi connectivity index (χ0) is 24.6. The number of carboxylic acids is 1. The van der Waals surface area contributed by atoms with Crippen LogP contribution in [0.1, 0.15) is 49.5 Å². The topological polar surface area (TPSA) is 98.7 Å². The molecule has 0 aliphatic heterocycles. The highest BCUT2D eigenvalue weighted by Gasteiger charge is 2.60. The number of anilines is 2. The highest BCUT2D eigenvalue weighted by atomic mass is 19.4. The molecule has 1 fully saturated rings. The lowest BCUT2D eigenvalue weighted by atomic mass is 10.0. The van der Waals surface area contributed by atoms with Gasteiger partial charge in [0.2, 0.25) is 0 Å². The van der Waals surface area contributed by atoms with E-state index in [1.807, 2.05) is 0 Å². The van der Waals surface area contributed by atoms with Gasteiger partial charge in [-0.05, 0) is 70.0 Å². The summed E-state index contributed by atoms with van der Waals surface area (Å²) in [6.45, 7) is 4.99. The fourth-order valence-electron chi connectivity index (χ4n) is 3.23. The van der Waals surface area contributed by atoms with E-state index in [4.69, 9.17) is 0 Å². The maximum Gasteiger partial charge on any atom is 0.416 e. The van der Waals surface area contributed by atoms with Crippen LogP contribution in [0.5, 0.6) is 0 Å². The Balaban J connectivity index is 1.84. The Hall–Kier alpha value is -3.56. The number of hydrogen-bond acceptors (Lipinski definition) is 4. The maximum absolute atomic E-state index is 13.1. The molecule has 1 aliphatic carbocycles. The standard InChI is InChI=1S/C23H24F3N3O4/c1-21(2,3)29(19(31)22(12-13-22)20(32)33)28-18(30)16-6-4-5-7-17(16)27-15-10-8-14(9-11-15)23(24,25)26/h4-11,27H,12-13H2,1-3H3,(H,28,30)(H,32,33). The van der Waals surface area contributed by atoms with E-state index >= 15 is 0 Å². The van der Waals surface area contributed by atoms with E-state index in [2.05, 4.69) is 10.7 Å². The molecule has 0 saturated heterocycles. The minimum Gasteiger partial charge on any atom is -0.480 e. The van der Waals surface area contributed by atoms with Crippen molar-refractivity contribution in [1.29, 1.82) is 0 Å². The van der Waals surface area contributed by atoms with Gasteiger partial charge in [0.25, 0.3) is 11.8 Å². The van der Waals surface area contributed by atoms with Crippen molar-refractivity contribution >= 4 is 29.2 Å². The second kappa shape index (κ2) is 8.42. The molecule has 0 bridgehead atoms. The molecule has 7 nitrogen and oxygen atoms in total. The van der Waals surface area contributed by atoms with E-state index in [9.17, 15) is 32.7 Å². The number of aliphatic carboxylic acids is 1. The first-order valence-electron chi connectivity index (χ1n) is 10.2. The molecule has 0 radical (unpaired) electrons. The summed E-state index contributed by atoms with van der Waals surface area (Å²) in [6.07, 6.45) is -4.08. The maximum atomic E-state index is 13.1. The molecule has 2 aromatic carbocycles. The zero-order valence-corrected chi connectivity index (χ0v) is 18.3. The van der Waals surface area contributed by atoms with Gasteiger partial charge in [-0.1, -0.05) is 12.1 Å². The summed E-state index contributed by atoms with van der Waals surface area (Å²) in [4.78, 5) is 37.7. The van der Waals surface area contributed by atoms with Gasteiger partial charge in [-0.25, -0.2) is 5.01 Å². The Morgan fingerprint density at radius 3 is 2.03 bits per heavy atom. The second-order valence-corrected chi connectivity index (χ2v) is 8.89. The lowest BCUT2D eigenvalue weighted by molar-refractivity contribution is -0.158. The normalized spacial score (nSPS) is 14.8. The van der Waals surface area contributed by atoms with Gasteiger partial charge in [0.1, 0.15) is 5.41 Å². The van der Waals surface area contributed by atoms with Gasteiger partial charge in [0, 0.05) is 5.69 Å². The number of benzene rings is 2. The second-order valence-electron chi connectivity index (χ2n) is 8.89. The molecule has 10 heteroatoms. The van der Waals surface area contributed by atoms with Crippen LogP contribution in [0.3, 0.4) is 0 Å². The molecule has 3 N–H and O–H groups in total. The minimum atomic E-state index is -4.46. The number of alkyl halides is 3. The molecule has 0 heterocycles. The molecule has 33 heavy (non-hydrogen) atoms. The van der Waals surface area contributed by atoms with Gasteiger partial charge in [0.05, 0.1) is 22.4 Å². The summed E-state index contributed by atoms with van der Waals surface area (Å²) in [5, 5.41) is 13.4. The lowest BCUT2D eigenvalue weighted by Gasteiger charge is -2.37. The molecule has 2 amide bonds. The third-order valence-electron chi connectivity index (χ3n) is 5.32. The third kappa shape index (κ3) is 5.10. The number of nitrogens with one attached hydrogen (secondary N) is 2. The van der Waals surface area contributed by atoms with Gasteiger partial charge in [-0.3, -0.25) is 19.8 Å². The molecule has 1 aliphatic rings. The average Bonchev–Trinajstić information content (AvgIpc) is 3.53. The van der Waals surface area contributed by atoms with Crippen LogP contribution in [0.25, 0.3) is 0 Å². The van der Waals surface area contributed by atoms with Crippen LogP contribution < -0.4 is 10.7 Å². The van der Waals surface area contributed by atoms with E-state index in [-0.39, 0.29) is 18.4 Å². The van der Waals surface area contributed by atoms with Crippen molar-refractivity contribution in [3.8, 4) is 0 Å². The highest BCUT2D eigenvalue weighted by Crippen LogP contribution is 2.48. The van der Waals surface area contributed by atoms with E-state index in [0.717, 1.165) is 17.1 Å². The van der Waals surface area contributed by atoms with E-state index < -0.39 is 40.5 Å². The summed E-state index contributed by atoms with van der Waals surface area (Å²) < 4.78 is 38.4. The average molecular weight is 463 g/mol. The Labute approximate surface area is 188 Å². The van der Waals surface area contributed by atoms with Crippen LogP contribution >= 0.6 is 0 Å². The van der Waals surface area contributed by atoms with Crippen molar-refractivity contribution < 1.29 is 32.7 Å². The first kappa shape index (κ1) is 24.1. The van der Waals surface area contributed by atoms with Crippen molar-refractivity contribution in [3.05, 3.63) is 59.7 Å². The van der Waals surface area contributed by atoms with E-state index in [1.54, 1.807) is 39.0 Å². The molecule has 0 aromatic heterocycles. The number of halogens is 3. The largest absolute Gasteiger partial charge is 0.480 e. The van der Waals surface area contributed by atoms with Crippen LogP contribution in [-0.2, 0) is 15.8 Å². The Bertz CT molecular complexity index is 1070. The Morgan fingerprint density at radius 2 is 1.55 bits per heavy atom. The number of amides is 2. The molecule has 176 valence electrons. The molecule has 0 unspecified atom stereocenters. The van der Waals surface area contributed by atoms with Crippen molar-refractivity contribution in [1.82, 2.24) is 10.4 Å². The number of hydrogen-bond donors (Lipinski definition) is 3. The molecule has 0 spiro atoms. The quantitative estimate of drug-likeness (QED) is 0.445. The number of hydrazine groups is 1. The third-order valence-corrected chi connectivity index (χ3v) is 5.32. The summed E-state index contributed by atoms with van der Waals surface area (Å²) in [6, 6.07) is 10.6. The number of nitrogens with zero attached hydrogens (tertiary/aromatic N) is 1. The van der Waals surface area contributed by atoms with Crippen LogP contribution in [0.4, 0.5) is 24.5 Å². The van der Waals surface area contributed by atoms with Gasteiger partial charge in [-0.2, -0.15) is 13.2 Å². The number of para-hydroxylation sites is 1. The summed E-state index contributed by atoms with van der Waals surface area (Å²) in [5.74, 6) is -2.61. The Kier molecular flexibility index (Phi) is 6.14. The SMILES string of the molecule is CC(C)(C)N(NC(=O)c1ccccc1Nc1ccc(C(F)(F)F)cc1)C(=O)C1(C(=O)O)CC1. The number of rotatable bonds is 5. The molecular formula is C23H24F3N3O4. The summed E-state index contributed by atoms with van der Waals surface area (Å²) in [7, 11) is 0. The Morgan fingerprint density at radius 1 is 0.970 bits per heavy atom. The van der Waals surface area contributed by atoms with Gasteiger partial charge >= 0.3 is 12.1 Å². The van der Waals surface area contributed by atoms with Crippen molar-refractivity contribution in [2.75, 3.05) is 5.32 Å². The first-order chi connectivity index (χ1) is 15.3. The summed E-state index contributed by atoms with van der Waals surface area (Å²) in [5.41, 5.74) is 0.0241. The fraction of sp³-hybridized carbons (Fsp3) is 0.348. The van der Waals surface area contributed by atoms with E-state index in [0.29, 0.717) is 11.4 Å². The van der Waals surface area contributed by atoms with Crippen LogP contribution in [0.2, 0.25) is 0 Å². The molecule has 2 aromatic rings. The van der Waals surface area contributed by atoms with Crippen LogP contribution in [0.15, 0.2) is 48.5 Å². The monoisotopic (exact) mass is 463 g/mol. The molecule has 1 saturated carbocycles. The lowest BCUT2D eigenvalue weighted by Crippen LogP contribution is -2.59. The predicted octanol–water partition coefficient (Wildman–Crippen LogP) is 4.59. The minimum absolute atomic E-state index is 0.125. The van der Waals surface area contributed by atoms with Crippen LogP contribution in [-0.4, -0.2) is 33.4 Å². The van der Waals surface area contributed by atoms with Gasteiger partial charge < -0.3 is 10.4 Å². The van der Waals surface area contributed by atoms with E-state index in [1.165, 1.54) is 18.2 Å². The fourth-order valence-corrected chi connectivity index (χ4v) is 3.23. The predicted molar refractivity (Wildman–Crippen MR) is 115 cm³/mol. The van der Waals surface area contributed by atoms with Gasteiger partial charge in [-0.15, -0.1) is 0 Å². The molecule has 3 rings (SSSR count). The first-order valence-corrected chi connectivity index (χ1v) is 10.2. The molecular weight excluding hydrogens is 439 g/mol. The number of carboxylic acid groups (broad SMARTS) is 1.